The van der Waals surface area contributed by atoms with Crippen LogP contribution in [0.2, 0.25) is 0 Å². The van der Waals surface area contributed by atoms with E-state index in [4.69, 9.17) is 4.99 Å². The number of aliphatic imine (C=N–C) groups is 1. The van der Waals surface area contributed by atoms with Gasteiger partial charge in [0.15, 0.2) is 15.8 Å². The Morgan fingerprint density at radius 2 is 2.07 bits per heavy atom. The Morgan fingerprint density at radius 1 is 1.30 bits per heavy atom. The maximum Gasteiger partial charge on any atom is 0.194 e. The normalized spacial score (nSPS) is 26.9. The lowest BCUT2D eigenvalue weighted by molar-refractivity contribution is 0.188. The van der Waals surface area contributed by atoms with Gasteiger partial charge in [-0.25, -0.2) is 13.4 Å². The van der Waals surface area contributed by atoms with Crippen LogP contribution in [0.3, 0.4) is 0 Å². The smallest absolute Gasteiger partial charge is 0.194 e. The van der Waals surface area contributed by atoms with Gasteiger partial charge in [-0.2, -0.15) is 0 Å². The first-order valence-corrected chi connectivity index (χ1v) is 11.7. The molecule has 1 N–H and O–H groups in total. The molecule has 9 heteroatoms. The summed E-state index contributed by atoms with van der Waals surface area (Å²) in [6.45, 7) is 9.88. The molecular formula is C18H32N6O2S. The standard InChI is InChI=1S/C18H32N6O2S/c1-3-20-18(21-6-8-22-10-12-27(25,26)13-11-22)23-7-4-16(2)17(14-23)24-9-5-19-15-24/h5,9,15-17H,3-4,6-8,10-14H2,1-2H3,(H,20,21). The van der Waals surface area contributed by atoms with E-state index in [0.29, 0.717) is 31.6 Å². The fourth-order valence-corrected chi connectivity index (χ4v) is 5.07. The van der Waals surface area contributed by atoms with Gasteiger partial charge in [-0.1, -0.05) is 6.92 Å². The van der Waals surface area contributed by atoms with Gasteiger partial charge in [0.2, 0.25) is 0 Å². The molecule has 2 unspecified atom stereocenters. The summed E-state index contributed by atoms with van der Waals surface area (Å²) in [4.78, 5) is 13.6. The highest BCUT2D eigenvalue weighted by Gasteiger charge is 2.29. The maximum absolute atomic E-state index is 11.5. The molecule has 3 heterocycles. The van der Waals surface area contributed by atoms with E-state index < -0.39 is 9.84 Å². The van der Waals surface area contributed by atoms with Gasteiger partial charge < -0.3 is 14.8 Å². The molecule has 3 rings (SSSR count). The van der Waals surface area contributed by atoms with Crippen LogP contribution in [0, 0.1) is 5.92 Å². The first-order valence-electron chi connectivity index (χ1n) is 9.92. The highest BCUT2D eigenvalue weighted by molar-refractivity contribution is 7.91. The maximum atomic E-state index is 11.5. The van der Waals surface area contributed by atoms with Crippen molar-refractivity contribution in [1.82, 2.24) is 24.7 Å². The molecule has 2 atom stereocenters. The fraction of sp³-hybridized carbons (Fsp3) is 0.778. The number of imidazole rings is 1. The van der Waals surface area contributed by atoms with E-state index in [2.05, 4.69) is 38.5 Å². The van der Waals surface area contributed by atoms with Crippen LogP contribution in [-0.4, -0.2) is 91.0 Å². The van der Waals surface area contributed by atoms with Crippen LogP contribution < -0.4 is 5.32 Å². The summed E-state index contributed by atoms with van der Waals surface area (Å²) < 4.78 is 25.3. The van der Waals surface area contributed by atoms with Gasteiger partial charge >= 0.3 is 0 Å². The van der Waals surface area contributed by atoms with E-state index in [0.717, 1.165) is 38.6 Å². The number of hydrogen-bond acceptors (Lipinski definition) is 5. The van der Waals surface area contributed by atoms with Gasteiger partial charge in [-0.05, 0) is 19.3 Å². The molecule has 1 aromatic rings. The Morgan fingerprint density at radius 3 is 2.74 bits per heavy atom. The first-order chi connectivity index (χ1) is 13.0. The number of sulfone groups is 1. The van der Waals surface area contributed by atoms with Gasteiger partial charge in [0.1, 0.15) is 0 Å². The highest BCUT2D eigenvalue weighted by Crippen LogP contribution is 2.27. The molecule has 2 saturated heterocycles. The second-order valence-corrected chi connectivity index (χ2v) is 9.82. The molecule has 2 fully saturated rings. The van der Waals surface area contributed by atoms with Crippen molar-refractivity contribution in [3.8, 4) is 0 Å². The van der Waals surface area contributed by atoms with Crippen molar-refractivity contribution in [3.05, 3.63) is 18.7 Å². The number of guanidine groups is 1. The zero-order valence-corrected chi connectivity index (χ0v) is 17.2. The van der Waals surface area contributed by atoms with E-state index in [1.54, 1.807) is 0 Å². The Balaban J connectivity index is 1.58. The van der Waals surface area contributed by atoms with Crippen LogP contribution in [0.5, 0.6) is 0 Å². The molecule has 0 saturated carbocycles. The lowest BCUT2D eigenvalue weighted by atomic mass is 9.93. The molecule has 2 aliphatic rings. The number of nitrogens with zero attached hydrogens (tertiary/aromatic N) is 5. The van der Waals surface area contributed by atoms with Crippen LogP contribution >= 0.6 is 0 Å². The summed E-state index contributed by atoms with van der Waals surface area (Å²) in [5, 5.41) is 3.42. The number of likely N-dealkylation sites (tertiary alicyclic amines) is 1. The van der Waals surface area contributed by atoms with E-state index >= 15 is 0 Å². The lowest BCUT2D eigenvalue weighted by Crippen LogP contribution is -2.49. The molecule has 2 aliphatic heterocycles. The quantitative estimate of drug-likeness (QED) is 0.575. The van der Waals surface area contributed by atoms with Crippen molar-refractivity contribution < 1.29 is 8.42 Å². The second-order valence-electron chi connectivity index (χ2n) is 7.52. The summed E-state index contributed by atoms with van der Waals surface area (Å²) in [6, 6.07) is 0.400. The Labute approximate surface area is 162 Å². The number of nitrogens with one attached hydrogen (secondary N) is 1. The Hall–Kier alpha value is -1.61. The first kappa shape index (κ1) is 20.1. The average Bonchev–Trinajstić information content (AvgIpc) is 3.17. The summed E-state index contributed by atoms with van der Waals surface area (Å²) in [5.74, 6) is 2.11. The molecule has 152 valence electrons. The molecule has 0 bridgehead atoms. The van der Waals surface area contributed by atoms with Gasteiger partial charge in [0, 0.05) is 51.7 Å². The highest BCUT2D eigenvalue weighted by atomic mass is 32.2. The molecule has 0 radical (unpaired) electrons. The van der Waals surface area contributed by atoms with E-state index in [1.807, 2.05) is 18.7 Å². The minimum atomic E-state index is -2.82. The SMILES string of the molecule is CCNC(=NCCN1CCS(=O)(=O)CC1)N1CCC(C)C(n2ccnc2)C1. The predicted molar refractivity (Wildman–Crippen MR) is 108 cm³/mol. The van der Waals surface area contributed by atoms with Gasteiger partial charge in [0.05, 0.1) is 30.4 Å². The predicted octanol–water partition coefficient (Wildman–Crippen LogP) is 0.462. The third-order valence-corrected chi connectivity index (χ3v) is 7.18. The van der Waals surface area contributed by atoms with E-state index in [1.165, 1.54) is 0 Å². The molecule has 0 aliphatic carbocycles. The van der Waals surface area contributed by atoms with E-state index in [9.17, 15) is 8.42 Å². The van der Waals surface area contributed by atoms with Gasteiger partial charge in [-0.3, -0.25) is 9.89 Å². The molecule has 0 amide bonds. The van der Waals surface area contributed by atoms with Gasteiger partial charge in [-0.15, -0.1) is 0 Å². The van der Waals surface area contributed by atoms with Crippen molar-refractivity contribution in [2.75, 3.05) is 57.3 Å². The van der Waals surface area contributed by atoms with Crippen molar-refractivity contribution in [3.63, 3.8) is 0 Å². The average molecular weight is 397 g/mol. The zero-order valence-electron chi connectivity index (χ0n) is 16.4. The minimum absolute atomic E-state index is 0.271. The number of rotatable bonds is 5. The van der Waals surface area contributed by atoms with Crippen molar-refractivity contribution in [1.29, 1.82) is 0 Å². The lowest BCUT2D eigenvalue weighted by Gasteiger charge is -2.39. The second kappa shape index (κ2) is 9.05. The van der Waals surface area contributed by atoms with Crippen LogP contribution in [0.25, 0.3) is 0 Å². The van der Waals surface area contributed by atoms with Crippen LogP contribution in [0.4, 0.5) is 0 Å². The third-order valence-electron chi connectivity index (χ3n) is 5.58. The largest absolute Gasteiger partial charge is 0.357 e. The number of hydrogen-bond donors (Lipinski definition) is 1. The topological polar surface area (TPSA) is 82.8 Å². The van der Waals surface area contributed by atoms with Crippen LogP contribution in [0.1, 0.15) is 26.3 Å². The third kappa shape index (κ3) is 5.44. The van der Waals surface area contributed by atoms with E-state index in [-0.39, 0.29) is 11.5 Å². The molecule has 27 heavy (non-hydrogen) atoms. The molecule has 0 aromatic carbocycles. The van der Waals surface area contributed by atoms with Gasteiger partial charge in [0.25, 0.3) is 0 Å². The zero-order chi connectivity index (χ0) is 19.3. The van der Waals surface area contributed by atoms with Crippen LogP contribution in [-0.2, 0) is 9.84 Å². The Kier molecular flexibility index (Phi) is 6.75. The minimum Gasteiger partial charge on any atom is -0.357 e. The summed E-state index contributed by atoms with van der Waals surface area (Å²) in [7, 11) is -2.82. The summed E-state index contributed by atoms with van der Waals surface area (Å²) in [5.41, 5.74) is 0. The fourth-order valence-electron chi connectivity index (χ4n) is 3.79. The molecule has 0 spiro atoms. The Bertz CT molecular complexity index is 704. The number of aromatic nitrogens is 2. The van der Waals surface area contributed by atoms with Crippen molar-refractivity contribution in [2.45, 2.75) is 26.3 Å². The molecule has 8 nitrogen and oxygen atoms in total. The summed E-state index contributed by atoms with van der Waals surface area (Å²) in [6.07, 6.45) is 6.90. The monoisotopic (exact) mass is 396 g/mol. The van der Waals surface area contributed by atoms with Crippen molar-refractivity contribution >= 4 is 15.8 Å². The molecule has 1 aromatic heterocycles. The summed E-state index contributed by atoms with van der Waals surface area (Å²) >= 11 is 0. The van der Waals surface area contributed by atoms with Crippen LogP contribution in [0.15, 0.2) is 23.7 Å². The number of piperidine rings is 1. The molecular weight excluding hydrogens is 364 g/mol. The van der Waals surface area contributed by atoms with Crippen molar-refractivity contribution in [2.24, 2.45) is 10.9 Å².